The number of amides is 6. The van der Waals surface area contributed by atoms with Crippen LogP contribution in [0.3, 0.4) is 0 Å². The minimum Gasteiger partial charge on any atom is -0.445 e. The third-order valence-electron chi connectivity index (χ3n) is 12.8. The van der Waals surface area contributed by atoms with E-state index < -0.39 is 24.3 Å². The second kappa shape index (κ2) is 44.6. The molecular formula is C58H96N6O8. The average Bonchev–Trinajstić information content (AvgIpc) is 3.39. The Bertz CT molecular complexity index is 1580. The van der Waals surface area contributed by atoms with E-state index in [4.69, 9.17) is 9.47 Å². The Balaban J connectivity index is 1.76. The Labute approximate surface area is 434 Å². The van der Waals surface area contributed by atoms with Crippen molar-refractivity contribution < 1.29 is 38.2 Å². The molecule has 0 aromatic heterocycles. The summed E-state index contributed by atoms with van der Waals surface area (Å²) >= 11 is 0. The molecule has 0 aliphatic carbocycles. The number of hydrogen-bond donors (Lipinski definition) is 6. The van der Waals surface area contributed by atoms with Crippen LogP contribution in [-0.4, -0.2) is 74.1 Å². The monoisotopic (exact) mass is 1000 g/mol. The molecule has 0 heterocycles. The molecule has 0 radical (unpaired) electrons. The molecule has 0 bridgehead atoms. The molecule has 0 aliphatic rings. The maximum Gasteiger partial charge on any atom is 0.407 e. The van der Waals surface area contributed by atoms with Gasteiger partial charge in [-0.2, -0.15) is 0 Å². The van der Waals surface area contributed by atoms with Crippen molar-refractivity contribution in [3.63, 3.8) is 0 Å². The van der Waals surface area contributed by atoms with Crippen molar-refractivity contribution in [2.75, 3.05) is 26.2 Å². The van der Waals surface area contributed by atoms with Crippen molar-refractivity contribution in [1.82, 2.24) is 31.9 Å². The van der Waals surface area contributed by atoms with E-state index in [1.165, 1.54) is 77.0 Å². The largest absolute Gasteiger partial charge is 0.445 e. The summed E-state index contributed by atoms with van der Waals surface area (Å²) < 4.78 is 10.6. The Morgan fingerprint density at radius 3 is 1.04 bits per heavy atom. The van der Waals surface area contributed by atoms with E-state index in [0.29, 0.717) is 77.5 Å². The zero-order valence-corrected chi connectivity index (χ0v) is 44.7. The highest BCUT2D eigenvalue weighted by Gasteiger charge is 2.22. The molecule has 2 rings (SSSR count). The van der Waals surface area contributed by atoms with E-state index in [1.807, 2.05) is 60.7 Å². The molecule has 14 nitrogen and oxygen atoms in total. The van der Waals surface area contributed by atoms with Gasteiger partial charge in [0.1, 0.15) is 25.3 Å². The lowest BCUT2D eigenvalue weighted by molar-refractivity contribution is -0.129. The molecule has 0 fully saturated rings. The Morgan fingerprint density at radius 1 is 0.375 bits per heavy atom. The quantitative estimate of drug-likeness (QED) is 0.0353. The fourth-order valence-corrected chi connectivity index (χ4v) is 8.41. The van der Waals surface area contributed by atoms with Crippen LogP contribution in [0.5, 0.6) is 0 Å². The summed E-state index contributed by atoms with van der Waals surface area (Å²) in [6.45, 7) is 6.56. The lowest BCUT2D eigenvalue weighted by atomic mass is 10.1. The summed E-state index contributed by atoms with van der Waals surface area (Å²) in [6, 6.07) is 17.6. The van der Waals surface area contributed by atoms with Crippen molar-refractivity contribution in [3.8, 4) is 0 Å². The van der Waals surface area contributed by atoms with Crippen LogP contribution in [0, 0.1) is 0 Å². The molecule has 6 N–H and O–H groups in total. The number of benzene rings is 2. The summed E-state index contributed by atoms with van der Waals surface area (Å²) in [5, 5.41) is 17.6. The highest BCUT2D eigenvalue weighted by atomic mass is 16.6. The van der Waals surface area contributed by atoms with Crippen LogP contribution in [0.2, 0.25) is 0 Å². The van der Waals surface area contributed by atoms with E-state index in [-0.39, 0.29) is 36.8 Å². The lowest BCUT2D eigenvalue weighted by Crippen LogP contribution is -2.47. The zero-order valence-electron chi connectivity index (χ0n) is 44.7. The SMILES string of the molecule is CCCCCCCCCCCC(=O)N[C@@H](CCCCNC(=O)OCc1ccccc1)C(=O)NCCCCCCNC(=O)[C@H](CCCCNC(=O)OCc1ccccc1)NC(=O)CCCCCCCCCCC. The molecule has 0 aliphatic heterocycles. The van der Waals surface area contributed by atoms with E-state index >= 15 is 0 Å². The highest BCUT2D eigenvalue weighted by Crippen LogP contribution is 2.13. The average molecular weight is 1010 g/mol. The normalized spacial score (nSPS) is 11.8. The predicted molar refractivity (Wildman–Crippen MR) is 289 cm³/mol. The standard InChI is InChI=1S/C58H96N6O8/c1-3-5-7-9-11-13-15-17-27-41-53(65)63-51(39-29-33-45-61-57(69)71-47-49-35-23-21-24-36-49)55(67)59-43-31-19-20-32-44-60-56(68)52(64-54(66)42-28-18-16-14-12-10-8-6-4-2)40-30-34-46-62-58(70)72-48-50-37-25-22-26-38-50/h21-26,35-38,51-52H,3-20,27-34,39-48H2,1-2H3,(H,59,67)(H,60,68)(H,61,69)(H,62,70)(H,63,65)(H,64,66)/t51-,52-/m0/s1. The van der Waals surface area contributed by atoms with Crippen LogP contribution in [0.1, 0.15) is 218 Å². The summed E-state index contributed by atoms with van der Waals surface area (Å²) in [5.74, 6) is -0.639. The second-order valence-electron chi connectivity index (χ2n) is 19.4. The molecule has 0 saturated carbocycles. The van der Waals surface area contributed by atoms with Crippen LogP contribution in [0.25, 0.3) is 0 Å². The fraction of sp³-hybridized carbons (Fsp3) is 0.690. The van der Waals surface area contributed by atoms with Crippen molar-refractivity contribution in [2.24, 2.45) is 0 Å². The van der Waals surface area contributed by atoms with E-state index in [2.05, 4.69) is 45.7 Å². The molecule has 2 aromatic carbocycles. The molecule has 0 spiro atoms. The van der Waals surface area contributed by atoms with Gasteiger partial charge in [-0.3, -0.25) is 19.2 Å². The molecule has 2 aromatic rings. The Hall–Kier alpha value is -5.14. The lowest BCUT2D eigenvalue weighted by Gasteiger charge is -2.19. The van der Waals surface area contributed by atoms with E-state index in [0.717, 1.165) is 75.3 Å². The number of hydrogen-bond acceptors (Lipinski definition) is 8. The fourth-order valence-electron chi connectivity index (χ4n) is 8.41. The van der Waals surface area contributed by atoms with Crippen molar-refractivity contribution in [2.45, 2.75) is 232 Å². The van der Waals surface area contributed by atoms with Gasteiger partial charge in [0.15, 0.2) is 0 Å². The molecule has 406 valence electrons. The van der Waals surface area contributed by atoms with Gasteiger partial charge in [0, 0.05) is 39.0 Å². The first-order valence-electron chi connectivity index (χ1n) is 28.2. The summed E-state index contributed by atoms with van der Waals surface area (Å²) in [4.78, 5) is 77.1. The third-order valence-corrected chi connectivity index (χ3v) is 12.8. The maximum atomic E-state index is 13.4. The van der Waals surface area contributed by atoms with Crippen molar-refractivity contribution in [3.05, 3.63) is 71.8 Å². The molecule has 0 unspecified atom stereocenters. The summed E-state index contributed by atoms with van der Waals surface area (Å²) in [5.41, 5.74) is 1.81. The highest BCUT2D eigenvalue weighted by molar-refractivity contribution is 5.88. The minimum atomic E-state index is -0.660. The predicted octanol–water partition coefficient (Wildman–Crippen LogP) is 11.8. The van der Waals surface area contributed by atoms with Crippen LogP contribution >= 0.6 is 0 Å². The molecule has 72 heavy (non-hydrogen) atoms. The number of rotatable bonds is 45. The topological polar surface area (TPSA) is 193 Å². The van der Waals surface area contributed by atoms with Crippen molar-refractivity contribution in [1.29, 1.82) is 0 Å². The van der Waals surface area contributed by atoms with E-state index in [1.54, 1.807) is 0 Å². The Morgan fingerprint density at radius 2 is 0.681 bits per heavy atom. The van der Waals surface area contributed by atoms with Gasteiger partial charge in [-0.05, 0) is 75.3 Å². The number of carbonyl (C=O) groups excluding carboxylic acids is 6. The number of nitrogens with one attached hydrogen (secondary N) is 6. The molecule has 14 heteroatoms. The smallest absolute Gasteiger partial charge is 0.407 e. The third kappa shape index (κ3) is 35.9. The first kappa shape index (κ1) is 63.0. The molecular weight excluding hydrogens is 909 g/mol. The first-order chi connectivity index (χ1) is 35.2. The zero-order chi connectivity index (χ0) is 52.0. The summed E-state index contributed by atoms with van der Waals surface area (Å²) in [6.07, 6.45) is 27.3. The minimum absolute atomic E-state index is 0.114. The first-order valence-corrected chi connectivity index (χ1v) is 28.2. The van der Waals surface area contributed by atoms with Gasteiger partial charge in [0.05, 0.1) is 0 Å². The van der Waals surface area contributed by atoms with Crippen LogP contribution in [-0.2, 0) is 41.9 Å². The number of carbonyl (C=O) groups is 6. The molecule has 0 saturated heterocycles. The Kier molecular flexibility index (Phi) is 39.0. The number of ether oxygens (including phenoxy) is 2. The summed E-state index contributed by atoms with van der Waals surface area (Å²) in [7, 11) is 0. The molecule has 6 amide bonds. The number of alkyl carbamates (subject to hydrolysis) is 2. The van der Waals surface area contributed by atoms with Gasteiger partial charge < -0.3 is 41.4 Å². The second-order valence-corrected chi connectivity index (χ2v) is 19.4. The van der Waals surface area contributed by atoms with Gasteiger partial charge in [-0.1, -0.05) is 190 Å². The van der Waals surface area contributed by atoms with Crippen LogP contribution in [0.15, 0.2) is 60.7 Å². The van der Waals surface area contributed by atoms with Crippen LogP contribution < -0.4 is 31.9 Å². The van der Waals surface area contributed by atoms with Gasteiger partial charge in [-0.15, -0.1) is 0 Å². The van der Waals surface area contributed by atoms with Gasteiger partial charge >= 0.3 is 12.2 Å². The van der Waals surface area contributed by atoms with Crippen LogP contribution in [0.4, 0.5) is 9.59 Å². The maximum absolute atomic E-state index is 13.4. The number of unbranched alkanes of at least 4 members (excludes halogenated alkanes) is 21. The van der Waals surface area contributed by atoms with Gasteiger partial charge in [0.2, 0.25) is 23.6 Å². The van der Waals surface area contributed by atoms with E-state index in [9.17, 15) is 28.8 Å². The van der Waals surface area contributed by atoms with Crippen molar-refractivity contribution >= 4 is 35.8 Å². The molecule has 2 atom stereocenters. The van der Waals surface area contributed by atoms with Gasteiger partial charge in [0.25, 0.3) is 0 Å². The van der Waals surface area contributed by atoms with Gasteiger partial charge in [-0.25, -0.2) is 9.59 Å².